The van der Waals surface area contributed by atoms with Crippen molar-refractivity contribution < 1.29 is 63.2 Å². The van der Waals surface area contributed by atoms with E-state index in [0.29, 0.717) is 24.0 Å². The van der Waals surface area contributed by atoms with Crippen molar-refractivity contribution in [1.82, 2.24) is 36.4 Å². The molecule has 9 atom stereocenters. The fraction of sp³-hybridized carbons (Fsp3) is 0.542. The summed E-state index contributed by atoms with van der Waals surface area (Å²) in [5.41, 5.74) is 6.63. The molecule has 11 N–H and O–H groups in total. The van der Waals surface area contributed by atoms with E-state index in [2.05, 4.69) is 26.6 Å². The third-order valence-corrected chi connectivity index (χ3v) is 12.2. The Bertz CT molecular complexity index is 2210. The molecule has 7 amide bonds. The predicted molar refractivity (Wildman–Crippen MR) is 252 cm³/mol. The number of hydrogen-bond donors (Lipinski definition) is 10. The molecule has 2 aliphatic heterocycles. The Morgan fingerprint density at radius 1 is 0.857 bits per heavy atom. The van der Waals surface area contributed by atoms with Gasteiger partial charge < -0.3 is 62.2 Å². The molecule has 4 rings (SSSR count). The van der Waals surface area contributed by atoms with E-state index in [1.807, 2.05) is 0 Å². The molecule has 22 nitrogen and oxygen atoms in total. The summed E-state index contributed by atoms with van der Waals surface area (Å²) in [4.78, 5) is 128. The van der Waals surface area contributed by atoms with Gasteiger partial charge in [-0.1, -0.05) is 69.7 Å². The lowest BCUT2D eigenvalue weighted by atomic mass is 9.95. The Hall–Kier alpha value is -7.10. The number of unbranched alkanes of at least 4 members (excludes halogenated alkanes) is 1. The van der Waals surface area contributed by atoms with E-state index in [1.54, 1.807) is 51.1 Å². The number of amides is 7. The molecule has 0 saturated carbocycles. The Morgan fingerprint density at radius 3 is 2.11 bits per heavy atom. The first-order valence-electron chi connectivity index (χ1n) is 23.5. The van der Waals surface area contributed by atoms with Gasteiger partial charge in [-0.25, -0.2) is 4.79 Å². The topological polar surface area (TPSA) is 340 Å². The molecule has 0 aliphatic carbocycles. The third kappa shape index (κ3) is 15.7. The largest absolute Gasteiger partial charge is 0.508 e. The number of carboxylic acids is 1. The summed E-state index contributed by atoms with van der Waals surface area (Å²) in [6, 6.07) is 3.72. The van der Waals surface area contributed by atoms with Crippen LogP contribution in [0.1, 0.15) is 96.6 Å². The smallest absolute Gasteiger partial charge is 0.329 e. The fourth-order valence-corrected chi connectivity index (χ4v) is 8.26. The number of carbonyl (C=O) groups is 9. The first-order valence-corrected chi connectivity index (χ1v) is 23.5. The van der Waals surface area contributed by atoms with Gasteiger partial charge in [0, 0.05) is 32.7 Å². The van der Waals surface area contributed by atoms with Crippen LogP contribution in [0.15, 0.2) is 54.6 Å². The number of rotatable bonds is 17. The molecule has 2 saturated heterocycles. The Morgan fingerprint density at radius 2 is 1.50 bits per heavy atom. The first kappa shape index (κ1) is 55.5. The lowest BCUT2D eigenvalue weighted by molar-refractivity contribution is -0.165. The van der Waals surface area contributed by atoms with Crippen molar-refractivity contribution in [2.24, 2.45) is 11.7 Å². The summed E-state index contributed by atoms with van der Waals surface area (Å²) < 4.78 is 5.81. The lowest BCUT2D eigenvalue weighted by Gasteiger charge is -2.43. The van der Waals surface area contributed by atoms with Gasteiger partial charge in [0.05, 0.1) is 12.3 Å². The number of ether oxygens (including phenoxy) is 1. The van der Waals surface area contributed by atoms with Crippen LogP contribution >= 0.6 is 0 Å². The minimum atomic E-state index is -1.87. The highest BCUT2D eigenvalue weighted by molar-refractivity contribution is 5.99. The molecule has 0 radical (unpaired) electrons. The number of nitrogens with zero attached hydrogens (tertiary/aromatic N) is 2. The molecule has 2 aromatic rings. The quantitative estimate of drug-likeness (QED) is 0.0436. The zero-order valence-corrected chi connectivity index (χ0v) is 40.1. The number of nitrogens with two attached hydrogens (primary N) is 1. The fourth-order valence-electron chi connectivity index (χ4n) is 8.26. The highest BCUT2D eigenvalue weighted by Crippen LogP contribution is 2.26. The summed E-state index contributed by atoms with van der Waals surface area (Å²) in [5, 5.41) is 51.5. The van der Waals surface area contributed by atoms with E-state index in [-0.39, 0.29) is 63.0 Å². The number of hydrogen-bond acceptors (Lipinski definition) is 13. The van der Waals surface area contributed by atoms with Crippen molar-refractivity contribution in [3.63, 3.8) is 0 Å². The highest BCUT2D eigenvalue weighted by Gasteiger charge is 2.46. The number of nitrogens with one attached hydrogen (secondary N) is 6. The standard InChI is InChI=1S/C48H67N9O13/c1-6-12-37(59)51-33(25-39(61)62)43(64)55-41-27(4)70-48(69)40(26(2)3)54-44(65)34(23-29-17-19-30(58)20-18-29)56(5)47(68)35(24-28-13-8-7-9-14-28)57-38(60)22-21-32(46(57)67)53-42(63)31(52-45(41)66)15-10-11-16-36(49)50/h7-9,13-14,17-20,26-27,31-35,38,40-41,58,60H,6,10-12,15-16,21-25H2,1-5H3,(H3,49,50)(H,51,59)(H,52,66)(H,53,63)(H,54,65)(H,55,64)(H,61,62). The average Bonchev–Trinajstić information content (AvgIpc) is 3.30. The summed E-state index contributed by atoms with van der Waals surface area (Å²) in [6.45, 7) is 6.10. The third-order valence-electron chi connectivity index (χ3n) is 12.2. The minimum absolute atomic E-state index is 0.0578. The number of benzene rings is 2. The molecule has 382 valence electrons. The van der Waals surface area contributed by atoms with Crippen molar-refractivity contribution in [3.8, 4) is 5.75 Å². The van der Waals surface area contributed by atoms with Gasteiger partial charge in [0.2, 0.25) is 41.4 Å². The van der Waals surface area contributed by atoms with Gasteiger partial charge in [0.15, 0.2) is 0 Å². The summed E-state index contributed by atoms with van der Waals surface area (Å²) in [5.74, 6) is -9.75. The van der Waals surface area contributed by atoms with Gasteiger partial charge in [0.1, 0.15) is 60.4 Å². The van der Waals surface area contributed by atoms with Crippen LogP contribution < -0.4 is 32.3 Å². The highest BCUT2D eigenvalue weighted by atomic mass is 16.5. The summed E-state index contributed by atoms with van der Waals surface area (Å²) in [7, 11) is 1.34. The van der Waals surface area contributed by atoms with Crippen LogP contribution in [0.3, 0.4) is 0 Å². The SMILES string of the molecule is CCCC(=O)NC(CC(=O)O)C(=O)NC1C(=O)NC(CCCCC(=N)N)C(=O)NC2CCC(O)N(C2=O)C(Cc2ccccc2)C(=O)N(C)C(Cc2ccc(O)cc2)C(=O)NC(C(C)C)C(=O)OC1C. The van der Waals surface area contributed by atoms with Gasteiger partial charge in [-0.3, -0.25) is 43.8 Å². The van der Waals surface area contributed by atoms with Crippen LogP contribution in [-0.4, -0.2) is 146 Å². The molecule has 22 heteroatoms. The number of piperidine rings is 1. The van der Waals surface area contributed by atoms with E-state index in [9.17, 15) is 53.7 Å². The normalized spacial score (nSPS) is 24.4. The van der Waals surface area contributed by atoms with E-state index >= 15 is 4.79 Å². The van der Waals surface area contributed by atoms with Crippen molar-refractivity contribution in [2.45, 2.75) is 153 Å². The number of aliphatic hydroxyl groups excluding tert-OH is 1. The van der Waals surface area contributed by atoms with Crippen LogP contribution in [0.25, 0.3) is 0 Å². The Kier molecular flexibility index (Phi) is 20.6. The van der Waals surface area contributed by atoms with E-state index < -0.39 is 120 Å². The molecule has 2 aromatic carbocycles. The molecular formula is C48H67N9O13. The molecule has 2 fully saturated rings. The first-order chi connectivity index (χ1) is 33.1. The maximum absolute atomic E-state index is 15.0. The lowest BCUT2D eigenvalue weighted by Crippen LogP contribution is -2.65. The van der Waals surface area contributed by atoms with E-state index in [4.69, 9.17) is 15.9 Å². The number of aromatic hydroxyl groups is 1. The maximum Gasteiger partial charge on any atom is 0.329 e. The number of aliphatic hydroxyl groups is 1. The molecule has 2 aliphatic rings. The number of aliphatic carboxylic acids is 1. The molecule has 2 heterocycles. The van der Waals surface area contributed by atoms with E-state index in [1.165, 1.54) is 38.2 Å². The van der Waals surface area contributed by atoms with Crippen LogP contribution in [0.5, 0.6) is 5.75 Å². The van der Waals surface area contributed by atoms with Crippen LogP contribution in [0, 0.1) is 11.3 Å². The number of fused-ring (bicyclic) bond motifs is 2. The second-order valence-electron chi connectivity index (χ2n) is 18.1. The van der Waals surface area contributed by atoms with E-state index in [0.717, 1.165) is 9.80 Å². The van der Waals surface area contributed by atoms with Crippen LogP contribution in [0.2, 0.25) is 0 Å². The monoisotopic (exact) mass is 977 g/mol. The zero-order chi connectivity index (χ0) is 51.8. The van der Waals surface area contributed by atoms with Crippen LogP contribution in [-0.2, 0) is 60.7 Å². The summed E-state index contributed by atoms with van der Waals surface area (Å²) >= 11 is 0. The zero-order valence-electron chi connectivity index (χ0n) is 40.1. The Labute approximate surface area is 406 Å². The number of phenolic OH excluding ortho intramolecular Hbond substituents is 1. The number of carbonyl (C=O) groups excluding carboxylic acids is 8. The molecule has 70 heavy (non-hydrogen) atoms. The molecule has 9 unspecified atom stereocenters. The second kappa shape index (κ2) is 26.0. The number of carboxylic acid groups (broad SMARTS) is 1. The van der Waals surface area contributed by atoms with Gasteiger partial charge in [-0.15, -0.1) is 0 Å². The number of amidine groups is 1. The number of cyclic esters (lactones) is 1. The molecular weight excluding hydrogens is 911 g/mol. The van der Waals surface area contributed by atoms with Gasteiger partial charge in [-0.2, -0.15) is 0 Å². The second-order valence-corrected chi connectivity index (χ2v) is 18.1. The molecule has 0 aromatic heterocycles. The van der Waals surface area contributed by atoms with Gasteiger partial charge >= 0.3 is 11.9 Å². The maximum atomic E-state index is 15.0. The van der Waals surface area contributed by atoms with Crippen molar-refractivity contribution in [3.05, 3.63) is 65.7 Å². The summed E-state index contributed by atoms with van der Waals surface area (Å²) in [6.07, 6.45) is -3.73. The number of esters is 1. The Balaban J connectivity index is 1.89. The van der Waals surface area contributed by atoms with Crippen molar-refractivity contribution in [1.29, 1.82) is 5.41 Å². The number of phenols is 1. The van der Waals surface area contributed by atoms with Crippen molar-refractivity contribution >= 4 is 59.1 Å². The average molecular weight is 978 g/mol. The van der Waals surface area contributed by atoms with Crippen LogP contribution in [0.4, 0.5) is 0 Å². The van der Waals surface area contributed by atoms with Gasteiger partial charge in [-0.05, 0) is 68.2 Å². The minimum Gasteiger partial charge on any atom is -0.508 e. The number of likely N-dealkylation sites (N-methyl/N-ethyl adjacent to an activating group) is 1. The predicted octanol–water partition coefficient (Wildman–Crippen LogP) is 0.110. The van der Waals surface area contributed by atoms with Crippen molar-refractivity contribution in [2.75, 3.05) is 7.05 Å². The van der Waals surface area contributed by atoms with Gasteiger partial charge in [0.25, 0.3) is 0 Å². The molecule has 2 bridgehead atoms. The molecule has 0 spiro atoms.